The Morgan fingerprint density at radius 2 is 1.96 bits per heavy atom. The van der Waals surface area contributed by atoms with E-state index in [1.54, 1.807) is 6.07 Å². The molecule has 0 saturated carbocycles. The van der Waals surface area contributed by atoms with E-state index in [1.807, 2.05) is 0 Å². The Hall–Kier alpha value is -1.96. The number of carbonyl (C=O) groups excluding carboxylic acids is 1. The summed E-state index contributed by atoms with van der Waals surface area (Å²) in [5.41, 5.74) is 0. The lowest BCUT2D eigenvalue weighted by atomic mass is 9.95. The minimum atomic E-state index is -4.44. The average Bonchev–Trinajstić information content (AvgIpc) is 2.53. The number of amides is 1. The third-order valence-electron chi connectivity index (χ3n) is 3.77. The van der Waals surface area contributed by atoms with E-state index < -0.39 is 12.8 Å². The molecule has 1 aromatic carbocycles. The highest BCUT2D eigenvalue weighted by atomic mass is 19.4. The van der Waals surface area contributed by atoms with E-state index in [9.17, 15) is 18.0 Å². The maximum Gasteiger partial charge on any atom is 0.422 e. The van der Waals surface area contributed by atoms with Gasteiger partial charge in [-0.3, -0.25) is 4.79 Å². The summed E-state index contributed by atoms with van der Waals surface area (Å²) in [5.74, 6) is 0.0980. The second kappa shape index (κ2) is 8.23. The number of halogens is 3. The van der Waals surface area contributed by atoms with Crippen LogP contribution in [0, 0.1) is 5.92 Å². The molecule has 1 heterocycles. The molecule has 134 valence electrons. The van der Waals surface area contributed by atoms with E-state index in [0.29, 0.717) is 12.5 Å². The standard InChI is InChI=1S/C16H21F3N2O3/c1-11-6-7-20-8-12(11)21-15(22)9-23-13-4-2-3-5-14(13)24-10-16(17,18)19/h2-5,11-12,20H,6-10H2,1H3,(H,21,22). The van der Waals surface area contributed by atoms with E-state index >= 15 is 0 Å². The molecule has 0 bridgehead atoms. The van der Waals surface area contributed by atoms with Gasteiger partial charge in [-0.1, -0.05) is 19.1 Å². The highest BCUT2D eigenvalue weighted by Gasteiger charge is 2.29. The largest absolute Gasteiger partial charge is 0.480 e. The number of hydrogen-bond donors (Lipinski definition) is 2. The summed E-state index contributed by atoms with van der Waals surface area (Å²) >= 11 is 0. The van der Waals surface area contributed by atoms with Crippen molar-refractivity contribution < 1.29 is 27.4 Å². The van der Waals surface area contributed by atoms with Crippen LogP contribution in [-0.4, -0.2) is 44.4 Å². The highest BCUT2D eigenvalue weighted by Crippen LogP contribution is 2.28. The molecule has 0 radical (unpaired) electrons. The first-order valence-electron chi connectivity index (χ1n) is 7.76. The number of para-hydroxylation sites is 2. The molecule has 1 aromatic rings. The van der Waals surface area contributed by atoms with Gasteiger partial charge in [-0.2, -0.15) is 13.2 Å². The SMILES string of the molecule is CC1CCNCC1NC(=O)COc1ccccc1OCC(F)(F)F. The van der Waals surface area contributed by atoms with Gasteiger partial charge in [-0.15, -0.1) is 0 Å². The van der Waals surface area contributed by atoms with Crippen LogP contribution in [0.2, 0.25) is 0 Å². The molecule has 2 unspecified atom stereocenters. The van der Waals surface area contributed by atoms with Gasteiger partial charge in [-0.25, -0.2) is 0 Å². The number of nitrogens with one attached hydrogen (secondary N) is 2. The molecule has 1 aliphatic rings. The molecular weight excluding hydrogens is 325 g/mol. The fourth-order valence-corrected chi connectivity index (χ4v) is 2.42. The lowest BCUT2D eigenvalue weighted by molar-refractivity contribution is -0.153. The molecule has 1 saturated heterocycles. The van der Waals surface area contributed by atoms with Gasteiger partial charge in [-0.05, 0) is 31.0 Å². The van der Waals surface area contributed by atoms with Crippen molar-refractivity contribution >= 4 is 5.91 Å². The molecule has 0 spiro atoms. The molecule has 1 amide bonds. The van der Waals surface area contributed by atoms with Crippen molar-refractivity contribution in [1.29, 1.82) is 0 Å². The third-order valence-corrected chi connectivity index (χ3v) is 3.77. The summed E-state index contributed by atoms with van der Waals surface area (Å²) in [6.45, 7) is 1.99. The van der Waals surface area contributed by atoms with Crippen LogP contribution in [0.25, 0.3) is 0 Å². The molecule has 8 heteroatoms. The van der Waals surface area contributed by atoms with Crippen molar-refractivity contribution in [3.05, 3.63) is 24.3 Å². The predicted octanol–water partition coefficient (Wildman–Crippen LogP) is 2.12. The second-order valence-corrected chi connectivity index (χ2v) is 5.78. The fraction of sp³-hybridized carbons (Fsp3) is 0.562. The van der Waals surface area contributed by atoms with Gasteiger partial charge in [0, 0.05) is 12.6 Å². The van der Waals surface area contributed by atoms with Crippen molar-refractivity contribution in [2.24, 2.45) is 5.92 Å². The first-order chi connectivity index (χ1) is 11.3. The van der Waals surface area contributed by atoms with E-state index in [2.05, 4.69) is 17.6 Å². The monoisotopic (exact) mass is 346 g/mol. The number of carbonyl (C=O) groups is 1. The van der Waals surface area contributed by atoms with Gasteiger partial charge >= 0.3 is 6.18 Å². The Balaban J connectivity index is 1.86. The second-order valence-electron chi connectivity index (χ2n) is 5.78. The van der Waals surface area contributed by atoms with E-state index in [0.717, 1.165) is 13.0 Å². The Morgan fingerprint density at radius 1 is 1.29 bits per heavy atom. The smallest absolute Gasteiger partial charge is 0.422 e. The number of benzene rings is 1. The summed E-state index contributed by atoms with van der Waals surface area (Å²) in [6.07, 6.45) is -3.46. The van der Waals surface area contributed by atoms with Crippen LogP contribution in [0.15, 0.2) is 24.3 Å². The zero-order chi connectivity index (χ0) is 17.6. The molecule has 24 heavy (non-hydrogen) atoms. The van der Waals surface area contributed by atoms with E-state index in [-0.39, 0.29) is 30.1 Å². The zero-order valence-corrected chi connectivity index (χ0v) is 13.4. The van der Waals surface area contributed by atoms with Crippen LogP contribution < -0.4 is 20.1 Å². The lowest BCUT2D eigenvalue weighted by Gasteiger charge is -2.30. The van der Waals surface area contributed by atoms with Gasteiger partial charge in [0.1, 0.15) is 0 Å². The highest BCUT2D eigenvalue weighted by molar-refractivity contribution is 5.78. The Kier molecular flexibility index (Phi) is 6.30. The van der Waals surface area contributed by atoms with Crippen LogP contribution in [0.5, 0.6) is 11.5 Å². The van der Waals surface area contributed by atoms with Crippen LogP contribution in [-0.2, 0) is 4.79 Å². The molecule has 5 nitrogen and oxygen atoms in total. The Morgan fingerprint density at radius 3 is 2.58 bits per heavy atom. The van der Waals surface area contributed by atoms with Gasteiger partial charge in [0.05, 0.1) is 0 Å². The van der Waals surface area contributed by atoms with Crippen molar-refractivity contribution in [3.63, 3.8) is 0 Å². The average molecular weight is 346 g/mol. The molecular formula is C16H21F3N2O3. The van der Waals surface area contributed by atoms with Gasteiger partial charge in [0.2, 0.25) is 0 Å². The van der Waals surface area contributed by atoms with E-state index in [4.69, 9.17) is 9.47 Å². The number of hydrogen-bond acceptors (Lipinski definition) is 4. The predicted molar refractivity (Wildman–Crippen MR) is 82.1 cm³/mol. The van der Waals surface area contributed by atoms with Crippen molar-refractivity contribution in [1.82, 2.24) is 10.6 Å². The summed E-state index contributed by atoms with van der Waals surface area (Å²) in [6, 6.07) is 5.98. The van der Waals surface area contributed by atoms with E-state index in [1.165, 1.54) is 18.2 Å². The Labute approximate surface area is 138 Å². The molecule has 2 atom stereocenters. The summed E-state index contributed by atoms with van der Waals surface area (Å²) in [5, 5.41) is 6.07. The van der Waals surface area contributed by atoms with Gasteiger partial charge in [0.15, 0.2) is 24.7 Å². The van der Waals surface area contributed by atoms with Crippen LogP contribution in [0.1, 0.15) is 13.3 Å². The molecule has 1 aliphatic heterocycles. The zero-order valence-electron chi connectivity index (χ0n) is 13.4. The van der Waals surface area contributed by atoms with Crippen molar-refractivity contribution in [2.75, 3.05) is 26.3 Å². The van der Waals surface area contributed by atoms with Crippen LogP contribution in [0.3, 0.4) is 0 Å². The number of rotatable bonds is 6. The summed E-state index contributed by atoms with van der Waals surface area (Å²) in [7, 11) is 0. The van der Waals surface area contributed by atoms with Gasteiger partial charge in [0.25, 0.3) is 5.91 Å². The van der Waals surface area contributed by atoms with Gasteiger partial charge < -0.3 is 20.1 Å². The minimum Gasteiger partial charge on any atom is -0.480 e. The fourth-order valence-electron chi connectivity index (χ4n) is 2.42. The third kappa shape index (κ3) is 5.92. The number of alkyl halides is 3. The maximum absolute atomic E-state index is 12.2. The Bertz CT molecular complexity index is 552. The van der Waals surface area contributed by atoms with Crippen molar-refractivity contribution in [2.45, 2.75) is 25.6 Å². The molecule has 2 N–H and O–H groups in total. The minimum absolute atomic E-state index is 0.0200. The van der Waals surface area contributed by atoms with Crippen LogP contribution >= 0.6 is 0 Å². The molecule has 1 fully saturated rings. The number of ether oxygens (including phenoxy) is 2. The molecule has 2 rings (SSSR count). The first-order valence-corrected chi connectivity index (χ1v) is 7.76. The normalized spacial score (nSPS) is 21.2. The van der Waals surface area contributed by atoms with Crippen LogP contribution in [0.4, 0.5) is 13.2 Å². The molecule has 0 aromatic heterocycles. The summed E-state index contributed by atoms with van der Waals surface area (Å²) in [4.78, 5) is 12.0. The summed E-state index contributed by atoms with van der Waals surface area (Å²) < 4.78 is 46.8. The quantitative estimate of drug-likeness (QED) is 0.828. The topological polar surface area (TPSA) is 59.6 Å². The first kappa shape index (κ1) is 18.4. The lowest BCUT2D eigenvalue weighted by Crippen LogP contribution is -2.51. The molecule has 0 aliphatic carbocycles. The number of piperidine rings is 1. The maximum atomic E-state index is 12.2. The van der Waals surface area contributed by atoms with Crippen molar-refractivity contribution in [3.8, 4) is 11.5 Å².